The molecule has 6 heteroatoms. The number of Topliss-reactive ketones (excluding diaryl/α,β-unsaturated/α-hetero) is 1. The van der Waals surface area contributed by atoms with Crippen molar-refractivity contribution < 1.29 is 23.9 Å². The topological polar surface area (TPSA) is 80.8 Å². The van der Waals surface area contributed by atoms with Crippen LogP contribution in [0.2, 0.25) is 0 Å². The van der Waals surface area contributed by atoms with Gasteiger partial charge in [0.2, 0.25) is 0 Å². The molecule has 0 aliphatic carbocycles. The summed E-state index contributed by atoms with van der Waals surface area (Å²) in [6.07, 6.45) is 0. The lowest BCUT2D eigenvalue weighted by atomic mass is 10.1. The summed E-state index contributed by atoms with van der Waals surface area (Å²) in [5, 5.41) is 0. The van der Waals surface area contributed by atoms with E-state index in [0.29, 0.717) is 22.3 Å². The van der Waals surface area contributed by atoms with E-state index in [4.69, 9.17) is 0 Å². The minimum atomic E-state index is -0.505. The molecule has 0 bridgehead atoms. The second-order valence-corrected chi connectivity index (χ2v) is 5.23. The Hall–Kier alpha value is -3.28. The second kappa shape index (κ2) is 6.08. The van der Waals surface area contributed by atoms with Crippen LogP contribution in [0.1, 0.15) is 41.4 Å². The first-order valence-corrected chi connectivity index (χ1v) is 7.19. The highest BCUT2D eigenvalue weighted by Crippen LogP contribution is 2.22. The highest BCUT2D eigenvalue weighted by atomic mass is 16.5. The van der Waals surface area contributed by atoms with Gasteiger partial charge in [0, 0.05) is 5.56 Å². The van der Waals surface area contributed by atoms with Gasteiger partial charge in [0.05, 0.1) is 30.3 Å². The summed E-state index contributed by atoms with van der Waals surface area (Å²) in [4.78, 5) is 49.1. The third-order valence-electron chi connectivity index (χ3n) is 3.81. The average Bonchev–Trinajstić information content (AvgIpc) is 2.86. The molecule has 0 fully saturated rings. The van der Waals surface area contributed by atoms with E-state index in [9.17, 15) is 19.2 Å². The van der Waals surface area contributed by atoms with Crippen molar-refractivity contribution in [2.75, 3.05) is 13.7 Å². The first kappa shape index (κ1) is 15.6. The maximum Gasteiger partial charge on any atom is 0.337 e. The fraction of sp³-hybridized carbons (Fsp3) is 0.111. The maximum atomic E-state index is 12.3. The Morgan fingerprint density at radius 3 is 1.88 bits per heavy atom. The summed E-state index contributed by atoms with van der Waals surface area (Å²) in [7, 11) is 1.27. The number of hydrogen-bond donors (Lipinski definition) is 0. The largest absolute Gasteiger partial charge is 0.465 e. The van der Waals surface area contributed by atoms with Crippen LogP contribution in [0.3, 0.4) is 0 Å². The Bertz CT molecular complexity index is 819. The molecule has 2 aromatic rings. The molecule has 1 aliphatic heterocycles. The molecule has 1 heterocycles. The zero-order chi connectivity index (χ0) is 17.3. The number of benzene rings is 2. The molecule has 2 aromatic carbocycles. The SMILES string of the molecule is COC(=O)c1ccc(C(=O)CN2C(=O)c3ccccc3C2=O)cc1. The first-order chi connectivity index (χ1) is 11.5. The molecule has 0 saturated carbocycles. The van der Waals surface area contributed by atoms with E-state index in [1.807, 2.05) is 0 Å². The molecule has 0 radical (unpaired) electrons. The smallest absolute Gasteiger partial charge is 0.337 e. The normalized spacial score (nSPS) is 13.0. The number of ketones is 1. The van der Waals surface area contributed by atoms with Crippen molar-refractivity contribution in [2.45, 2.75) is 0 Å². The number of esters is 1. The molecule has 0 saturated heterocycles. The van der Waals surface area contributed by atoms with Gasteiger partial charge in [-0.05, 0) is 24.3 Å². The fourth-order valence-electron chi connectivity index (χ4n) is 2.53. The molecule has 2 amide bonds. The van der Waals surface area contributed by atoms with Crippen molar-refractivity contribution in [3.8, 4) is 0 Å². The first-order valence-electron chi connectivity index (χ1n) is 7.19. The Kier molecular flexibility index (Phi) is 3.95. The van der Waals surface area contributed by atoms with Crippen molar-refractivity contribution in [1.29, 1.82) is 0 Å². The van der Waals surface area contributed by atoms with Crippen LogP contribution in [0, 0.1) is 0 Å². The van der Waals surface area contributed by atoms with E-state index in [2.05, 4.69) is 4.74 Å². The van der Waals surface area contributed by atoms with Gasteiger partial charge in [0.1, 0.15) is 0 Å². The van der Waals surface area contributed by atoms with E-state index < -0.39 is 17.8 Å². The van der Waals surface area contributed by atoms with Crippen LogP contribution in [0.25, 0.3) is 0 Å². The van der Waals surface area contributed by atoms with E-state index in [-0.39, 0.29) is 12.3 Å². The number of imide groups is 1. The quantitative estimate of drug-likeness (QED) is 0.488. The highest BCUT2D eigenvalue weighted by Gasteiger charge is 2.36. The van der Waals surface area contributed by atoms with Gasteiger partial charge in [-0.3, -0.25) is 19.3 Å². The van der Waals surface area contributed by atoms with Gasteiger partial charge in [-0.2, -0.15) is 0 Å². The third kappa shape index (κ3) is 2.58. The molecule has 0 spiro atoms. The highest BCUT2D eigenvalue weighted by molar-refractivity contribution is 6.23. The lowest BCUT2D eigenvalue weighted by Crippen LogP contribution is -2.34. The Balaban J connectivity index is 1.77. The minimum Gasteiger partial charge on any atom is -0.465 e. The number of hydrogen-bond acceptors (Lipinski definition) is 5. The summed E-state index contributed by atoms with van der Waals surface area (Å²) in [6.45, 7) is -0.343. The summed E-state index contributed by atoms with van der Waals surface area (Å²) >= 11 is 0. The van der Waals surface area contributed by atoms with Crippen molar-refractivity contribution in [1.82, 2.24) is 4.90 Å². The van der Waals surface area contributed by atoms with Crippen molar-refractivity contribution in [2.24, 2.45) is 0 Å². The van der Waals surface area contributed by atoms with Gasteiger partial charge in [0.25, 0.3) is 11.8 Å². The van der Waals surface area contributed by atoms with Crippen LogP contribution >= 0.6 is 0 Å². The van der Waals surface area contributed by atoms with Gasteiger partial charge in [-0.25, -0.2) is 4.79 Å². The van der Waals surface area contributed by atoms with E-state index in [0.717, 1.165) is 4.90 Å². The van der Waals surface area contributed by atoms with E-state index in [1.54, 1.807) is 24.3 Å². The number of nitrogens with zero attached hydrogens (tertiary/aromatic N) is 1. The van der Waals surface area contributed by atoms with Crippen LogP contribution in [0.15, 0.2) is 48.5 Å². The summed E-state index contributed by atoms with van der Waals surface area (Å²) in [5.74, 6) is -1.85. The molecule has 120 valence electrons. The van der Waals surface area contributed by atoms with Crippen molar-refractivity contribution >= 4 is 23.6 Å². The second-order valence-electron chi connectivity index (χ2n) is 5.23. The number of fused-ring (bicyclic) bond motifs is 1. The minimum absolute atomic E-state index is 0.302. The molecule has 0 N–H and O–H groups in total. The van der Waals surface area contributed by atoms with Gasteiger partial charge in [-0.1, -0.05) is 24.3 Å². The van der Waals surface area contributed by atoms with Crippen LogP contribution in [0.4, 0.5) is 0 Å². The Labute approximate surface area is 137 Å². The van der Waals surface area contributed by atoms with E-state index >= 15 is 0 Å². The van der Waals surface area contributed by atoms with Crippen molar-refractivity contribution in [3.05, 3.63) is 70.8 Å². The molecule has 6 nitrogen and oxygen atoms in total. The van der Waals surface area contributed by atoms with Crippen LogP contribution in [-0.4, -0.2) is 42.1 Å². The van der Waals surface area contributed by atoms with Crippen LogP contribution in [0.5, 0.6) is 0 Å². The van der Waals surface area contributed by atoms with E-state index in [1.165, 1.54) is 31.4 Å². The number of ether oxygens (including phenoxy) is 1. The van der Waals surface area contributed by atoms with Crippen LogP contribution < -0.4 is 0 Å². The number of methoxy groups -OCH3 is 1. The van der Waals surface area contributed by atoms with Crippen LogP contribution in [-0.2, 0) is 4.74 Å². The predicted octanol–water partition coefficient (Wildman–Crippen LogP) is 1.95. The number of carbonyl (C=O) groups excluding carboxylic acids is 4. The van der Waals surface area contributed by atoms with Gasteiger partial charge in [0.15, 0.2) is 5.78 Å². The van der Waals surface area contributed by atoms with Gasteiger partial charge >= 0.3 is 5.97 Å². The zero-order valence-corrected chi connectivity index (χ0v) is 12.8. The standard InChI is InChI=1S/C18H13NO5/c1-24-18(23)12-8-6-11(7-9-12)15(20)10-19-16(21)13-4-2-3-5-14(13)17(19)22/h2-9H,10H2,1H3. The molecule has 0 unspecified atom stereocenters. The molecular formula is C18H13NO5. The summed E-state index contributed by atoms with van der Waals surface area (Å²) in [6, 6.07) is 12.3. The molecule has 0 atom stereocenters. The van der Waals surface area contributed by atoms with Gasteiger partial charge in [-0.15, -0.1) is 0 Å². The Morgan fingerprint density at radius 1 is 0.875 bits per heavy atom. The predicted molar refractivity (Wildman–Crippen MR) is 83.9 cm³/mol. The molecular weight excluding hydrogens is 310 g/mol. The Morgan fingerprint density at radius 2 is 1.38 bits per heavy atom. The fourth-order valence-corrected chi connectivity index (χ4v) is 2.53. The van der Waals surface area contributed by atoms with Gasteiger partial charge < -0.3 is 4.74 Å². The molecule has 1 aliphatic rings. The number of amides is 2. The monoisotopic (exact) mass is 323 g/mol. The lowest BCUT2D eigenvalue weighted by Gasteiger charge is -2.12. The average molecular weight is 323 g/mol. The summed E-state index contributed by atoms with van der Waals surface area (Å²) in [5.41, 5.74) is 1.22. The number of rotatable bonds is 4. The maximum absolute atomic E-state index is 12.3. The zero-order valence-electron chi connectivity index (χ0n) is 12.8. The molecule has 3 rings (SSSR count). The molecule has 24 heavy (non-hydrogen) atoms. The van der Waals surface area contributed by atoms with Crippen molar-refractivity contribution in [3.63, 3.8) is 0 Å². The summed E-state index contributed by atoms with van der Waals surface area (Å²) < 4.78 is 4.59. The third-order valence-corrected chi connectivity index (χ3v) is 3.81. The number of carbonyl (C=O) groups is 4. The lowest BCUT2D eigenvalue weighted by molar-refractivity contribution is 0.0599. The molecule has 0 aromatic heterocycles.